The summed E-state index contributed by atoms with van der Waals surface area (Å²) in [5.74, 6) is 0.235. The number of hydrogen-bond acceptors (Lipinski definition) is 4. The molecule has 0 spiro atoms. The van der Waals surface area contributed by atoms with Crippen LogP contribution >= 0.6 is 22.9 Å². The highest BCUT2D eigenvalue weighted by molar-refractivity contribution is 7.14. The zero-order valence-electron chi connectivity index (χ0n) is 10.9. The van der Waals surface area contributed by atoms with Gasteiger partial charge >= 0.3 is 0 Å². The monoisotopic (exact) mass is 305 g/mol. The number of ketones is 1. The predicted molar refractivity (Wildman–Crippen MR) is 79.7 cm³/mol. The van der Waals surface area contributed by atoms with Crippen LogP contribution in [-0.2, 0) is 6.42 Å². The molecule has 0 saturated carbocycles. The first-order chi connectivity index (χ1) is 9.65. The number of hydrogen-bond donors (Lipinski definition) is 0. The summed E-state index contributed by atoms with van der Waals surface area (Å²) in [6.07, 6.45) is 0.908. The molecule has 20 heavy (non-hydrogen) atoms. The van der Waals surface area contributed by atoms with Gasteiger partial charge in [-0.1, -0.05) is 24.6 Å². The second-order valence-corrected chi connectivity index (χ2v) is 5.63. The average molecular weight is 306 g/mol. The van der Waals surface area contributed by atoms with E-state index < -0.39 is 0 Å². The molecule has 1 aromatic heterocycles. The topological polar surface area (TPSA) is 50.1 Å². The van der Waals surface area contributed by atoms with E-state index in [-0.39, 0.29) is 18.0 Å². The van der Waals surface area contributed by atoms with Crippen molar-refractivity contribution in [3.63, 3.8) is 0 Å². The van der Waals surface area contributed by atoms with Crippen molar-refractivity contribution in [1.29, 1.82) is 5.26 Å². The predicted octanol–water partition coefficient (Wildman–Crippen LogP) is 4.10. The normalized spacial score (nSPS) is 10.1. The van der Waals surface area contributed by atoms with Crippen LogP contribution in [0.5, 0.6) is 5.75 Å². The summed E-state index contributed by atoms with van der Waals surface area (Å²) in [6.45, 7) is 1.94. The first kappa shape index (κ1) is 14.6. The van der Waals surface area contributed by atoms with Crippen LogP contribution in [0.4, 0.5) is 0 Å². The zero-order chi connectivity index (χ0) is 14.5. The molecule has 0 fully saturated rings. The van der Waals surface area contributed by atoms with E-state index in [0.29, 0.717) is 15.6 Å². The molecule has 5 heteroatoms. The van der Waals surface area contributed by atoms with Crippen molar-refractivity contribution in [2.24, 2.45) is 0 Å². The van der Waals surface area contributed by atoms with E-state index in [2.05, 4.69) is 0 Å². The fourth-order valence-corrected chi connectivity index (χ4v) is 2.75. The van der Waals surface area contributed by atoms with Crippen molar-refractivity contribution in [1.82, 2.24) is 0 Å². The van der Waals surface area contributed by atoms with Crippen LogP contribution < -0.4 is 4.74 Å². The van der Waals surface area contributed by atoms with Crippen LogP contribution in [-0.4, -0.2) is 12.4 Å². The van der Waals surface area contributed by atoms with Gasteiger partial charge in [-0.25, -0.2) is 0 Å². The van der Waals surface area contributed by atoms with Gasteiger partial charge in [-0.3, -0.25) is 4.79 Å². The Morgan fingerprint density at radius 2 is 2.20 bits per heavy atom. The molecule has 0 amide bonds. The molecule has 1 heterocycles. The van der Waals surface area contributed by atoms with Crippen LogP contribution in [0.15, 0.2) is 30.3 Å². The lowest BCUT2D eigenvalue weighted by Crippen LogP contribution is -2.10. The molecule has 0 bridgehead atoms. The fourth-order valence-electron chi connectivity index (χ4n) is 1.67. The fraction of sp³-hybridized carbons (Fsp3) is 0.200. The first-order valence-corrected chi connectivity index (χ1v) is 7.28. The van der Waals surface area contributed by atoms with E-state index in [1.54, 1.807) is 24.3 Å². The Hall–Kier alpha value is -1.83. The van der Waals surface area contributed by atoms with Crippen LogP contribution in [0.1, 0.15) is 27.0 Å². The number of carbonyl (C=O) groups is 1. The van der Waals surface area contributed by atoms with E-state index in [9.17, 15) is 4.79 Å². The lowest BCUT2D eigenvalue weighted by atomic mass is 10.2. The molecule has 0 unspecified atom stereocenters. The number of carbonyl (C=O) groups excluding carboxylic acids is 1. The minimum Gasteiger partial charge on any atom is -0.484 e. The number of thiophene rings is 1. The third-order valence-electron chi connectivity index (χ3n) is 2.73. The zero-order valence-corrected chi connectivity index (χ0v) is 12.4. The Labute approximate surface area is 126 Å². The summed E-state index contributed by atoms with van der Waals surface area (Å²) in [7, 11) is 0. The maximum absolute atomic E-state index is 12.0. The molecule has 1 aromatic carbocycles. The number of rotatable bonds is 5. The number of benzene rings is 1. The van der Waals surface area contributed by atoms with E-state index in [1.807, 2.05) is 19.1 Å². The molecule has 102 valence electrons. The summed E-state index contributed by atoms with van der Waals surface area (Å²) in [6, 6.07) is 10.6. The van der Waals surface area contributed by atoms with Crippen molar-refractivity contribution < 1.29 is 9.53 Å². The number of aryl methyl sites for hydroxylation is 1. The number of nitrogens with zero attached hydrogens (tertiary/aromatic N) is 1. The van der Waals surface area contributed by atoms with Gasteiger partial charge in [0, 0.05) is 4.88 Å². The van der Waals surface area contributed by atoms with Gasteiger partial charge < -0.3 is 4.74 Å². The second-order valence-electron chi connectivity index (χ2n) is 4.06. The highest BCUT2D eigenvalue weighted by atomic mass is 35.5. The van der Waals surface area contributed by atoms with Crippen molar-refractivity contribution in [2.75, 3.05) is 6.61 Å². The molecular formula is C15H12ClNO2S. The van der Waals surface area contributed by atoms with Gasteiger partial charge in [-0.05, 0) is 30.7 Å². The summed E-state index contributed by atoms with van der Waals surface area (Å²) in [5, 5.41) is 9.34. The summed E-state index contributed by atoms with van der Waals surface area (Å²) >= 11 is 7.37. The van der Waals surface area contributed by atoms with Gasteiger partial charge in [0.2, 0.25) is 5.78 Å². The molecule has 0 aliphatic rings. The van der Waals surface area contributed by atoms with Gasteiger partial charge in [0.1, 0.15) is 17.4 Å². The van der Waals surface area contributed by atoms with Crippen molar-refractivity contribution >= 4 is 28.7 Å². The Morgan fingerprint density at radius 3 is 2.85 bits per heavy atom. The molecule has 0 radical (unpaired) electrons. The van der Waals surface area contributed by atoms with Gasteiger partial charge in [0.15, 0.2) is 6.61 Å². The Balaban J connectivity index is 2.07. The number of halogens is 1. The maximum Gasteiger partial charge on any atom is 0.210 e. The second kappa shape index (κ2) is 6.56. The van der Waals surface area contributed by atoms with E-state index in [1.165, 1.54) is 11.3 Å². The average Bonchev–Trinajstić information content (AvgIpc) is 2.93. The molecule has 0 aliphatic carbocycles. The smallest absolute Gasteiger partial charge is 0.210 e. The third kappa shape index (κ3) is 3.19. The Kier molecular flexibility index (Phi) is 4.78. The first-order valence-electron chi connectivity index (χ1n) is 6.09. The molecule has 0 saturated heterocycles. The lowest BCUT2D eigenvalue weighted by Gasteiger charge is -2.07. The standard InChI is InChI=1S/C15H12ClNO2S/c1-2-10-6-7-15(20-10)13(18)9-19-14-5-3-4-12(16)11(14)8-17/h3-7H,2,9H2,1H3. The largest absolute Gasteiger partial charge is 0.484 e. The number of ether oxygens (including phenoxy) is 1. The molecule has 2 rings (SSSR count). The molecule has 0 atom stereocenters. The van der Waals surface area contributed by atoms with Crippen LogP contribution in [0, 0.1) is 11.3 Å². The highest BCUT2D eigenvalue weighted by Gasteiger charge is 2.12. The van der Waals surface area contributed by atoms with Crippen LogP contribution in [0.25, 0.3) is 0 Å². The van der Waals surface area contributed by atoms with Crippen molar-refractivity contribution in [3.8, 4) is 11.8 Å². The van der Waals surface area contributed by atoms with Crippen molar-refractivity contribution in [2.45, 2.75) is 13.3 Å². The van der Waals surface area contributed by atoms with Gasteiger partial charge in [0.05, 0.1) is 9.90 Å². The van der Waals surface area contributed by atoms with Gasteiger partial charge in [0.25, 0.3) is 0 Å². The number of nitriles is 1. The third-order valence-corrected chi connectivity index (χ3v) is 4.32. The number of Topliss-reactive ketones (excluding diaryl/α,β-unsaturated/α-hetero) is 1. The summed E-state index contributed by atoms with van der Waals surface area (Å²) in [5.41, 5.74) is 0.252. The Bertz CT molecular complexity index is 673. The molecule has 0 aliphatic heterocycles. The molecule has 2 aromatic rings. The van der Waals surface area contributed by atoms with E-state index in [0.717, 1.165) is 11.3 Å². The maximum atomic E-state index is 12.0. The Morgan fingerprint density at radius 1 is 1.40 bits per heavy atom. The quantitative estimate of drug-likeness (QED) is 0.781. The SMILES string of the molecule is CCc1ccc(C(=O)COc2cccc(Cl)c2C#N)s1. The summed E-state index contributed by atoms with van der Waals surface area (Å²) in [4.78, 5) is 13.8. The van der Waals surface area contributed by atoms with E-state index >= 15 is 0 Å². The van der Waals surface area contributed by atoms with Gasteiger partial charge in [-0.15, -0.1) is 11.3 Å². The van der Waals surface area contributed by atoms with E-state index in [4.69, 9.17) is 21.6 Å². The van der Waals surface area contributed by atoms with Crippen LogP contribution in [0.3, 0.4) is 0 Å². The highest BCUT2D eigenvalue weighted by Crippen LogP contribution is 2.25. The molecular weight excluding hydrogens is 294 g/mol. The summed E-state index contributed by atoms with van der Waals surface area (Å²) < 4.78 is 5.42. The molecule has 0 N–H and O–H groups in total. The molecule has 3 nitrogen and oxygen atoms in total. The van der Waals surface area contributed by atoms with Crippen molar-refractivity contribution in [3.05, 3.63) is 50.7 Å². The minimum absolute atomic E-state index is 0.0985. The minimum atomic E-state index is -0.0986. The van der Waals surface area contributed by atoms with Gasteiger partial charge in [-0.2, -0.15) is 5.26 Å². The van der Waals surface area contributed by atoms with Crippen LogP contribution in [0.2, 0.25) is 5.02 Å². The lowest BCUT2D eigenvalue weighted by molar-refractivity contribution is 0.0925.